The van der Waals surface area contributed by atoms with E-state index in [1.807, 2.05) is 36.2 Å². The van der Waals surface area contributed by atoms with Gasteiger partial charge in [-0.25, -0.2) is 0 Å². The number of likely N-dealkylation sites (N-methyl/N-ethyl adjacent to an activating group) is 1. The van der Waals surface area contributed by atoms with Gasteiger partial charge in [-0.1, -0.05) is 20.8 Å². The van der Waals surface area contributed by atoms with Crippen LogP contribution in [0.4, 0.5) is 11.4 Å². The number of hydrogen-bond donors (Lipinski definition) is 2. The van der Waals surface area contributed by atoms with E-state index in [0.29, 0.717) is 13.0 Å². The second-order valence-corrected chi connectivity index (χ2v) is 6.65. The van der Waals surface area contributed by atoms with Crippen molar-refractivity contribution < 1.29 is 9.90 Å². The Labute approximate surface area is 128 Å². The van der Waals surface area contributed by atoms with Gasteiger partial charge in [0, 0.05) is 31.4 Å². The molecule has 4 heteroatoms. The van der Waals surface area contributed by atoms with E-state index < -0.39 is 0 Å². The Morgan fingerprint density at radius 2 is 1.86 bits per heavy atom. The third kappa shape index (κ3) is 7.14. The van der Waals surface area contributed by atoms with Crippen LogP contribution in [0, 0.1) is 5.41 Å². The van der Waals surface area contributed by atoms with Gasteiger partial charge in [0.25, 0.3) is 0 Å². The summed E-state index contributed by atoms with van der Waals surface area (Å²) in [4.78, 5) is 13.8. The van der Waals surface area contributed by atoms with Crippen LogP contribution in [-0.4, -0.2) is 31.2 Å². The van der Waals surface area contributed by atoms with Gasteiger partial charge < -0.3 is 15.3 Å². The first-order chi connectivity index (χ1) is 9.81. The minimum Gasteiger partial charge on any atom is -0.395 e. The molecule has 0 aliphatic carbocycles. The summed E-state index contributed by atoms with van der Waals surface area (Å²) in [5.41, 5.74) is 2.12. The summed E-state index contributed by atoms with van der Waals surface area (Å²) in [6, 6.07) is 7.68. The summed E-state index contributed by atoms with van der Waals surface area (Å²) in [7, 11) is 1.93. The van der Waals surface area contributed by atoms with Crippen LogP contribution in [0.1, 0.15) is 40.0 Å². The van der Waals surface area contributed by atoms with E-state index in [9.17, 15) is 4.79 Å². The van der Waals surface area contributed by atoms with Crippen LogP contribution in [0.25, 0.3) is 0 Å². The molecule has 1 rings (SSSR count). The average Bonchev–Trinajstić information content (AvgIpc) is 2.38. The zero-order valence-electron chi connectivity index (χ0n) is 13.6. The topological polar surface area (TPSA) is 52.6 Å². The lowest BCUT2D eigenvalue weighted by Crippen LogP contribution is -2.21. The Morgan fingerprint density at radius 1 is 1.24 bits per heavy atom. The molecule has 0 saturated carbocycles. The first kappa shape index (κ1) is 17.5. The van der Waals surface area contributed by atoms with Crippen LogP contribution in [0.3, 0.4) is 0 Å². The fraction of sp³-hybridized carbons (Fsp3) is 0.588. The summed E-state index contributed by atoms with van der Waals surface area (Å²) in [5, 5.41) is 11.8. The van der Waals surface area contributed by atoms with Gasteiger partial charge >= 0.3 is 0 Å². The van der Waals surface area contributed by atoms with Gasteiger partial charge in [0.1, 0.15) is 0 Å². The monoisotopic (exact) mass is 292 g/mol. The second-order valence-electron chi connectivity index (χ2n) is 6.65. The SMILES string of the molecule is CN(CCO)c1ccc(NC(=O)CCCC(C)(C)C)cc1. The largest absolute Gasteiger partial charge is 0.395 e. The maximum Gasteiger partial charge on any atom is 0.224 e. The molecule has 1 aromatic carbocycles. The van der Waals surface area contributed by atoms with Gasteiger partial charge in [-0.15, -0.1) is 0 Å². The number of anilines is 2. The van der Waals surface area contributed by atoms with E-state index in [0.717, 1.165) is 24.2 Å². The molecule has 0 heterocycles. The van der Waals surface area contributed by atoms with Crippen molar-refractivity contribution in [3.63, 3.8) is 0 Å². The van der Waals surface area contributed by atoms with Crippen LogP contribution >= 0.6 is 0 Å². The quantitative estimate of drug-likeness (QED) is 0.811. The fourth-order valence-electron chi connectivity index (χ4n) is 2.08. The van der Waals surface area contributed by atoms with E-state index in [4.69, 9.17) is 5.11 Å². The minimum atomic E-state index is 0.0655. The maximum absolute atomic E-state index is 11.9. The summed E-state index contributed by atoms with van der Waals surface area (Å²) in [6.07, 6.45) is 2.52. The lowest BCUT2D eigenvalue weighted by Gasteiger charge is -2.18. The molecule has 0 aliphatic heterocycles. The van der Waals surface area contributed by atoms with Crippen molar-refractivity contribution in [1.29, 1.82) is 0 Å². The molecular weight excluding hydrogens is 264 g/mol. The Balaban J connectivity index is 2.43. The fourth-order valence-corrected chi connectivity index (χ4v) is 2.08. The van der Waals surface area contributed by atoms with Crippen LogP contribution in [0.5, 0.6) is 0 Å². The zero-order valence-corrected chi connectivity index (χ0v) is 13.6. The predicted octanol–water partition coefficient (Wildman–Crippen LogP) is 3.27. The summed E-state index contributed by atoms with van der Waals surface area (Å²) in [6.45, 7) is 7.28. The van der Waals surface area contributed by atoms with Gasteiger partial charge in [-0.05, 0) is 42.5 Å². The van der Waals surface area contributed by atoms with Crippen molar-refractivity contribution in [3.8, 4) is 0 Å². The molecule has 0 bridgehead atoms. The number of nitrogens with one attached hydrogen (secondary N) is 1. The smallest absolute Gasteiger partial charge is 0.224 e. The molecule has 0 fully saturated rings. The summed E-state index contributed by atoms with van der Waals surface area (Å²) < 4.78 is 0. The lowest BCUT2D eigenvalue weighted by atomic mass is 9.90. The Morgan fingerprint density at radius 3 is 2.38 bits per heavy atom. The normalized spacial score (nSPS) is 11.3. The van der Waals surface area contributed by atoms with Gasteiger partial charge in [-0.2, -0.15) is 0 Å². The van der Waals surface area contributed by atoms with Gasteiger partial charge in [0.2, 0.25) is 5.91 Å². The molecule has 0 atom stereocenters. The predicted molar refractivity (Wildman–Crippen MR) is 88.7 cm³/mol. The van der Waals surface area contributed by atoms with Crippen molar-refractivity contribution in [2.75, 3.05) is 30.4 Å². The third-order valence-electron chi connectivity index (χ3n) is 3.36. The molecule has 21 heavy (non-hydrogen) atoms. The zero-order chi connectivity index (χ0) is 15.9. The van der Waals surface area contributed by atoms with Crippen molar-refractivity contribution in [2.24, 2.45) is 5.41 Å². The van der Waals surface area contributed by atoms with Crippen LogP contribution < -0.4 is 10.2 Å². The lowest BCUT2D eigenvalue weighted by molar-refractivity contribution is -0.116. The van der Waals surface area contributed by atoms with Gasteiger partial charge in [-0.3, -0.25) is 4.79 Å². The number of aliphatic hydroxyl groups is 1. The number of amides is 1. The Bertz CT molecular complexity index is 435. The summed E-state index contributed by atoms with van der Waals surface area (Å²) >= 11 is 0. The highest BCUT2D eigenvalue weighted by Crippen LogP contribution is 2.22. The molecular formula is C17H28N2O2. The van der Waals surface area contributed by atoms with Crippen LogP contribution in [0.2, 0.25) is 0 Å². The number of nitrogens with zero attached hydrogens (tertiary/aromatic N) is 1. The molecule has 1 aromatic rings. The molecule has 1 amide bonds. The third-order valence-corrected chi connectivity index (χ3v) is 3.36. The minimum absolute atomic E-state index is 0.0655. The average molecular weight is 292 g/mol. The van der Waals surface area contributed by atoms with Crippen molar-refractivity contribution in [1.82, 2.24) is 0 Å². The van der Waals surface area contributed by atoms with E-state index in [1.165, 1.54) is 0 Å². The van der Waals surface area contributed by atoms with E-state index in [2.05, 4.69) is 26.1 Å². The molecule has 4 nitrogen and oxygen atoms in total. The molecule has 0 radical (unpaired) electrons. The van der Waals surface area contributed by atoms with Gasteiger partial charge in [0.15, 0.2) is 0 Å². The molecule has 0 saturated heterocycles. The maximum atomic E-state index is 11.9. The van der Waals surface area contributed by atoms with E-state index in [1.54, 1.807) is 0 Å². The first-order valence-corrected chi connectivity index (χ1v) is 7.54. The number of benzene rings is 1. The standard InChI is InChI=1S/C17H28N2O2/c1-17(2,3)11-5-6-16(21)18-14-7-9-15(10-8-14)19(4)12-13-20/h7-10,20H,5-6,11-13H2,1-4H3,(H,18,21). The molecule has 118 valence electrons. The van der Waals surface area contributed by atoms with E-state index in [-0.39, 0.29) is 17.9 Å². The number of carbonyl (C=O) groups is 1. The second kappa shape index (κ2) is 8.03. The van der Waals surface area contributed by atoms with Crippen LogP contribution in [-0.2, 0) is 4.79 Å². The number of hydrogen-bond acceptors (Lipinski definition) is 3. The summed E-state index contributed by atoms with van der Waals surface area (Å²) in [5.74, 6) is 0.0655. The Hall–Kier alpha value is -1.55. The highest BCUT2D eigenvalue weighted by Gasteiger charge is 2.11. The molecule has 0 spiro atoms. The highest BCUT2D eigenvalue weighted by atomic mass is 16.3. The Kier molecular flexibility index (Phi) is 6.69. The molecule has 0 aliphatic rings. The number of carbonyl (C=O) groups excluding carboxylic acids is 1. The molecule has 0 unspecified atom stereocenters. The first-order valence-electron chi connectivity index (χ1n) is 7.54. The van der Waals surface area contributed by atoms with E-state index >= 15 is 0 Å². The van der Waals surface area contributed by atoms with Crippen molar-refractivity contribution in [3.05, 3.63) is 24.3 Å². The van der Waals surface area contributed by atoms with Crippen molar-refractivity contribution >= 4 is 17.3 Å². The number of rotatable bonds is 7. The molecule has 2 N–H and O–H groups in total. The highest BCUT2D eigenvalue weighted by molar-refractivity contribution is 5.90. The molecule has 0 aromatic heterocycles. The van der Waals surface area contributed by atoms with Crippen LogP contribution in [0.15, 0.2) is 24.3 Å². The number of aliphatic hydroxyl groups excluding tert-OH is 1. The van der Waals surface area contributed by atoms with Crippen molar-refractivity contribution in [2.45, 2.75) is 40.0 Å². The van der Waals surface area contributed by atoms with Gasteiger partial charge in [0.05, 0.1) is 6.61 Å².